The first-order chi connectivity index (χ1) is 15.2. The topological polar surface area (TPSA) is 75.7 Å². The number of amides is 1. The Balaban J connectivity index is 1.89. The van der Waals surface area contributed by atoms with Gasteiger partial charge in [-0.15, -0.1) is 0 Å². The Labute approximate surface area is 193 Å². The van der Waals surface area contributed by atoms with E-state index in [4.69, 9.17) is 16.3 Å². The molecule has 32 heavy (non-hydrogen) atoms. The van der Waals surface area contributed by atoms with Crippen LogP contribution in [0.5, 0.6) is 5.75 Å². The van der Waals surface area contributed by atoms with Crippen molar-refractivity contribution in [3.63, 3.8) is 0 Å². The number of sulfonamides is 1. The van der Waals surface area contributed by atoms with Gasteiger partial charge in [-0.2, -0.15) is 0 Å². The van der Waals surface area contributed by atoms with Crippen LogP contribution in [0.4, 0.5) is 11.4 Å². The van der Waals surface area contributed by atoms with Gasteiger partial charge in [0.05, 0.1) is 16.7 Å². The summed E-state index contributed by atoms with van der Waals surface area (Å²) in [4.78, 5) is 12.9. The van der Waals surface area contributed by atoms with E-state index in [9.17, 15) is 13.2 Å². The Hall–Kier alpha value is -3.03. The lowest BCUT2D eigenvalue weighted by atomic mass is 10.2. The minimum Gasteiger partial charge on any atom is -0.491 e. The predicted octanol–water partition coefficient (Wildman–Crippen LogP) is 5.27. The molecule has 0 aromatic heterocycles. The average Bonchev–Trinajstić information content (AvgIpc) is 2.76. The van der Waals surface area contributed by atoms with E-state index in [0.29, 0.717) is 27.7 Å². The van der Waals surface area contributed by atoms with Crippen molar-refractivity contribution in [3.8, 4) is 5.75 Å². The van der Waals surface area contributed by atoms with Crippen LogP contribution in [0.3, 0.4) is 0 Å². The highest BCUT2D eigenvalue weighted by Gasteiger charge is 2.28. The average molecular weight is 473 g/mol. The molecular formula is C24H25ClN2O4S. The Bertz CT molecular complexity index is 1180. The Morgan fingerprint density at radius 1 is 1.00 bits per heavy atom. The number of benzene rings is 3. The maximum atomic E-state index is 13.4. The van der Waals surface area contributed by atoms with Gasteiger partial charge in [0.25, 0.3) is 10.0 Å². The first-order valence-electron chi connectivity index (χ1n) is 10.1. The van der Waals surface area contributed by atoms with Gasteiger partial charge in [-0.25, -0.2) is 8.42 Å². The van der Waals surface area contributed by atoms with Crippen molar-refractivity contribution >= 4 is 38.9 Å². The molecule has 0 spiro atoms. The Kier molecular flexibility index (Phi) is 7.43. The molecule has 0 aliphatic carbocycles. The van der Waals surface area contributed by atoms with E-state index in [0.717, 1.165) is 4.31 Å². The minimum atomic E-state index is -4.01. The smallest absolute Gasteiger partial charge is 0.264 e. The summed E-state index contributed by atoms with van der Waals surface area (Å²) >= 11 is 6.24. The molecule has 0 saturated carbocycles. The third kappa shape index (κ3) is 5.60. The molecule has 3 aromatic carbocycles. The lowest BCUT2D eigenvalue weighted by Crippen LogP contribution is -2.38. The van der Waals surface area contributed by atoms with E-state index >= 15 is 0 Å². The highest BCUT2D eigenvalue weighted by Crippen LogP contribution is 2.31. The molecule has 168 valence electrons. The van der Waals surface area contributed by atoms with Gasteiger partial charge in [0.1, 0.15) is 12.3 Å². The molecule has 6 nitrogen and oxygen atoms in total. The summed E-state index contributed by atoms with van der Waals surface area (Å²) in [6, 6.07) is 19.9. The van der Waals surface area contributed by atoms with Gasteiger partial charge < -0.3 is 10.1 Å². The summed E-state index contributed by atoms with van der Waals surface area (Å²) in [7, 11) is -4.01. The van der Waals surface area contributed by atoms with Gasteiger partial charge in [0, 0.05) is 10.7 Å². The fourth-order valence-corrected chi connectivity index (χ4v) is 4.77. The molecule has 8 heteroatoms. The van der Waals surface area contributed by atoms with E-state index < -0.39 is 22.5 Å². The third-order valence-electron chi connectivity index (χ3n) is 4.64. The Morgan fingerprint density at radius 3 is 2.28 bits per heavy atom. The molecule has 0 bridgehead atoms. The van der Waals surface area contributed by atoms with Crippen LogP contribution in [0.2, 0.25) is 5.02 Å². The number of anilines is 2. The lowest BCUT2D eigenvalue weighted by molar-refractivity contribution is -0.114. The van der Waals surface area contributed by atoms with Gasteiger partial charge in [-0.05, 0) is 74.9 Å². The van der Waals surface area contributed by atoms with Gasteiger partial charge >= 0.3 is 0 Å². The normalized spacial score (nSPS) is 11.3. The molecule has 0 aliphatic heterocycles. The molecule has 0 fully saturated rings. The lowest BCUT2D eigenvalue weighted by Gasteiger charge is -2.26. The van der Waals surface area contributed by atoms with Crippen molar-refractivity contribution in [3.05, 3.63) is 83.4 Å². The summed E-state index contributed by atoms with van der Waals surface area (Å²) in [6.45, 7) is 5.16. The quantitative estimate of drug-likeness (QED) is 0.484. The predicted molar refractivity (Wildman–Crippen MR) is 128 cm³/mol. The van der Waals surface area contributed by atoms with Crippen molar-refractivity contribution in [2.45, 2.75) is 31.8 Å². The molecule has 1 N–H and O–H groups in total. The van der Waals surface area contributed by atoms with Crippen molar-refractivity contribution in [1.82, 2.24) is 0 Å². The summed E-state index contributed by atoms with van der Waals surface area (Å²) < 4.78 is 33.5. The molecule has 3 aromatic rings. The summed E-state index contributed by atoms with van der Waals surface area (Å²) in [6.07, 6.45) is 0.0353. The number of carbonyl (C=O) groups is 1. The number of halogens is 1. The monoisotopic (exact) mass is 472 g/mol. The number of nitrogens with zero attached hydrogens (tertiary/aromatic N) is 1. The fourth-order valence-electron chi connectivity index (χ4n) is 3.11. The zero-order valence-corrected chi connectivity index (χ0v) is 19.7. The largest absolute Gasteiger partial charge is 0.491 e. The highest BCUT2D eigenvalue weighted by molar-refractivity contribution is 7.92. The van der Waals surface area contributed by atoms with Crippen LogP contribution in [0.25, 0.3) is 0 Å². The Morgan fingerprint density at radius 2 is 1.66 bits per heavy atom. The van der Waals surface area contributed by atoms with Crippen molar-refractivity contribution in [2.75, 3.05) is 16.2 Å². The van der Waals surface area contributed by atoms with E-state index in [1.54, 1.807) is 67.6 Å². The van der Waals surface area contributed by atoms with Gasteiger partial charge in [0.15, 0.2) is 0 Å². The summed E-state index contributed by atoms with van der Waals surface area (Å²) in [5, 5.41) is 3.16. The maximum absolute atomic E-state index is 13.4. The van der Waals surface area contributed by atoms with Crippen LogP contribution < -0.4 is 14.4 Å². The number of ether oxygens (including phenoxy) is 1. The third-order valence-corrected chi connectivity index (χ3v) is 6.82. The van der Waals surface area contributed by atoms with Crippen LogP contribution in [-0.4, -0.2) is 27.0 Å². The molecule has 0 atom stereocenters. The van der Waals surface area contributed by atoms with Gasteiger partial charge in [-0.1, -0.05) is 35.9 Å². The number of carbonyl (C=O) groups excluding carboxylic acids is 1. The second kappa shape index (κ2) is 10.1. The molecule has 0 unspecified atom stereocenters. The maximum Gasteiger partial charge on any atom is 0.264 e. The second-order valence-electron chi connectivity index (χ2n) is 7.45. The number of hydrogen-bond donors (Lipinski definition) is 1. The van der Waals surface area contributed by atoms with Gasteiger partial charge in [0.2, 0.25) is 5.91 Å². The molecule has 1 amide bonds. The van der Waals surface area contributed by atoms with E-state index in [1.165, 1.54) is 12.1 Å². The van der Waals surface area contributed by atoms with Crippen LogP contribution in [0.1, 0.15) is 19.4 Å². The van der Waals surface area contributed by atoms with E-state index in [2.05, 4.69) is 5.32 Å². The van der Waals surface area contributed by atoms with Crippen LogP contribution in [0, 0.1) is 6.92 Å². The van der Waals surface area contributed by atoms with Gasteiger partial charge in [-0.3, -0.25) is 9.10 Å². The summed E-state index contributed by atoms with van der Waals surface area (Å²) in [5.74, 6) is 0.197. The van der Waals surface area contributed by atoms with Crippen LogP contribution in [0.15, 0.2) is 77.7 Å². The van der Waals surface area contributed by atoms with Crippen molar-refractivity contribution in [2.24, 2.45) is 0 Å². The first-order valence-corrected chi connectivity index (χ1v) is 11.9. The molecular weight excluding hydrogens is 448 g/mol. The molecule has 0 aliphatic rings. The van der Waals surface area contributed by atoms with Crippen LogP contribution in [-0.2, 0) is 14.8 Å². The van der Waals surface area contributed by atoms with Crippen molar-refractivity contribution in [1.29, 1.82) is 0 Å². The van der Waals surface area contributed by atoms with E-state index in [-0.39, 0.29) is 11.0 Å². The zero-order valence-electron chi connectivity index (χ0n) is 18.1. The number of hydrogen-bond acceptors (Lipinski definition) is 4. The first kappa shape index (κ1) is 23.6. The standard InChI is InChI=1S/C24H25ClN2O4S/c1-17(2)31-20-14-12-19(13-15-20)26-24(28)16-27(23-11-7-10-22(25)18(23)3)32(29,30)21-8-5-4-6-9-21/h4-15,17H,16H2,1-3H3,(H,26,28). The fraction of sp³-hybridized carbons (Fsp3) is 0.208. The molecule has 0 radical (unpaired) electrons. The molecule has 3 rings (SSSR count). The number of rotatable bonds is 8. The minimum absolute atomic E-state index is 0.0353. The molecule has 0 saturated heterocycles. The SMILES string of the molecule is Cc1c(Cl)cccc1N(CC(=O)Nc1ccc(OC(C)C)cc1)S(=O)(=O)c1ccccc1. The van der Waals surface area contributed by atoms with Crippen LogP contribution >= 0.6 is 11.6 Å². The number of nitrogens with one attached hydrogen (secondary N) is 1. The highest BCUT2D eigenvalue weighted by atomic mass is 35.5. The zero-order chi connectivity index (χ0) is 23.3. The van der Waals surface area contributed by atoms with E-state index in [1.807, 2.05) is 13.8 Å². The molecule has 0 heterocycles. The van der Waals surface area contributed by atoms with Crippen molar-refractivity contribution < 1.29 is 17.9 Å². The summed E-state index contributed by atoms with van der Waals surface area (Å²) in [5.41, 5.74) is 1.44. The second-order valence-corrected chi connectivity index (χ2v) is 9.72.